The van der Waals surface area contributed by atoms with Crippen LogP contribution in [0.5, 0.6) is 0 Å². The summed E-state index contributed by atoms with van der Waals surface area (Å²) in [5.74, 6) is 6.72. The number of aromatic amines is 1. The molecule has 2 aromatic carbocycles. The zero-order valence-corrected chi connectivity index (χ0v) is 12.0. The number of rotatable bonds is 2. The molecule has 0 saturated carbocycles. The van der Waals surface area contributed by atoms with Gasteiger partial charge in [-0.3, -0.25) is 4.79 Å². The van der Waals surface area contributed by atoms with Gasteiger partial charge in [0.1, 0.15) is 0 Å². The summed E-state index contributed by atoms with van der Waals surface area (Å²) in [5.41, 5.74) is 1.58. The minimum absolute atomic E-state index is 0.112. The van der Waals surface area contributed by atoms with Crippen molar-refractivity contribution in [2.75, 3.05) is 5.75 Å². The van der Waals surface area contributed by atoms with E-state index in [1.165, 1.54) is 11.8 Å². The largest absolute Gasteiger partial charge is 0.301 e. The molecule has 0 fully saturated rings. The lowest BCUT2D eigenvalue weighted by Gasteiger charge is -1.99. The Labute approximate surface area is 126 Å². The van der Waals surface area contributed by atoms with Crippen LogP contribution in [-0.2, 0) is 0 Å². The summed E-state index contributed by atoms with van der Waals surface area (Å²) >= 11 is 1.43. The number of aromatic nitrogens is 2. The monoisotopic (exact) mass is 292 g/mol. The Bertz CT molecular complexity index is 876. The van der Waals surface area contributed by atoms with Crippen molar-refractivity contribution in [2.45, 2.75) is 5.16 Å². The molecule has 1 aromatic heterocycles. The van der Waals surface area contributed by atoms with Gasteiger partial charge in [-0.05, 0) is 24.3 Å². The Morgan fingerprint density at radius 1 is 1.05 bits per heavy atom. The number of nitrogens with zero attached hydrogens (tertiary/aromatic N) is 1. The third-order valence-corrected chi connectivity index (χ3v) is 3.63. The van der Waals surface area contributed by atoms with Crippen LogP contribution < -0.4 is 5.56 Å². The number of H-pyrrole nitrogens is 1. The summed E-state index contributed by atoms with van der Waals surface area (Å²) in [7, 11) is 0. The summed E-state index contributed by atoms with van der Waals surface area (Å²) in [4.78, 5) is 19.1. The van der Waals surface area contributed by atoms with Gasteiger partial charge in [0.25, 0.3) is 5.56 Å². The topological polar surface area (TPSA) is 45.8 Å². The smallest absolute Gasteiger partial charge is 0.259 e. The lowest BCUT2D eigenvalue weighted by molar-refractivity contribution is 0.976. The van der Waals surface area contributed by atoms with Crippen LogP contribution in [0.2, 0.25) is 0 Å². The summed E-state index contributed by atoms with van der Waals surface area (Å²) in [6, 6.07) is 17.1. The molecule has 3 aromatic rings. The molecule has 0 bridgehead atoms. The maximum absolute atomic E-state index is 11.9. The highest BCUT2D eigenvalue weighted by molar-refractivity contribution is 7.99. The van der Waals surface area contributed by atoms with E-state index >= 15 is 0 Å². The van der Waals surface area contributed by atoms with Crippen LogP contribution in [0.15, 0.2) is 64.5 Å². The molecule has 3 nitrogen and oxygen atoms in total. The van der Waals surface area contributed by atoms with Crippen LogP contribution in [0.4, 0.5) is 0 Å². The first-order chi connectivity index (χ1) is 10.3. The number of hydrogen-bond donors (Lipinski definition) is 1. The molecule has 102 valence electrons. The number of benzene rings is 2. The SMILES string of the molecule is O=c1[nH]c(SCC#Cc2ccccc2)nc2ccccc12. The molecule has 21 heavy (non-hydrogen) atoms. The zero-order chi connectivity index (χ0) is 14.5. The van der Waals surface area contributed by atoms with Gasteiger partial charge in [-0.2, -0.15) is 0 Å². The fourth-order valence-electron chi connectivity index (χ4n) is 1.90. The molecule has 0 atom stereocenters. The van der Waals surface area contributed by atoms with Crippen LogP contribution in [0, 0.1) is 11.8 Å². The van der Waals surface area contributed by atoms with Gasteiger partial charge in [-0.25, -0.2) is 4.98 Å². The molecule has 0 aliphatic rings. The van der Waals surface area contributed by atoms with E-state index in [2.05, 4.69) is 21.8 Å². The average molecular weight is 292 g/mol. The number of hydrogen-bond acceptors (Lipinski definition) is 3. The predicted molar refractivity (Wildman–Crippen MR) is 86.4 cm³/mol. The van der Waals surface area contributed by atoms with Gasteiger partial charge in [0.2, 0.25) is 0 Å². The zero-order valence-electron chi connectivity index (χ0n) is 11.2. The molecule has 0 amide bonds. The third kappa shape index (κ3) is 3.33. The first-order valence-electron chi connectivity index (χ1n) is 6.49. The number of nitrogens with one attached hydrogen (secondary N) is 1. The van der Waals surface area contributed by atoms with Crippen LogP contribution in [0.3, 0.4) is 0 Å². The molecule has 3 rings (SSSR count). The number of thioether (sulfide) groups is 1. The standard InChI is InChI=1S/C17H12N2OS/c20-16-14-10-4-5-11-15(14)18-17(19-16)21-12-6-9-13-7-2-1-3-8-13/h1-5,7-8,10-11H,12H2,(H,18,19,20). The Kier molecular flexibility index (Phi) is 4.04. The molecule has 0 unspecified atom stereocenters. The molecule has 0 radical (unpaired) electrons. The van der Waals surface area contributed by atoms with Crippen LogP contribution >= 0.6 is 11.8 Å². The molecular weight excluding hydrogens is 280 g/mol. The summed E-state index contributed by atoms with van der Waals surface area (Å²) in [5, 5.41) is 1.21. The van der Waals surface area contributed by atoms with Gasteiger partial charge in [-0.1, -0.05) is 53.9 Å². The fourth-order valence-corrected chi connectivity index (χ4v) is 2.51. The molecule has 1 heterocycles. The van der Waals surface area contributed by atoms with Crippen molar-refractivity contribution < 1.29 is 0 Å². The van der Waals surface area contributed by atoms with E-state index in [4.69, 9.17) is 0 Å². The number of para-hydroxylation sites is 1. The van der Waals surface area contributed by atoms with E-state index in [-0.39, 0.29) is 5.56 Å². The van der Waals surface area contributed by atoms with Gasteiger partial charge in [0, 0.05) is 5.56 Å². The van der Waals surface area contributed by atoms with Gasteiger partial charge in [0.15, 0.2) is 5.16 Å². The highest BCUT2D eigenvalue weighted by Crippen LogP contribution is 2.13. The minimum Gasteiger partial charge on any atom is -0.301 e. The predicted octanol–water partition coefficient (Wildman–Crippen LogP) is 3.07. The van der Waals surface area contributed by atoms with E-state index in [0.717, 1.165) is 5.56 Å². The highest BCUT2D eigenvalue weighted by Gasteiger charge is 2.02. The van der Waals surface area contributed by atoms with Gasteiger partial charge in [-0.15, -0.1) is 0 Å². The maximum Gasteiger partial charge on any atom is 0.259 e. The number of fused-ring (bicyclic) bond motifs is 1. The van der Waals surface area contributed by atoms with E-state index in [1.807, 2.05) is 48.5 Å². The van der Waals surface area contributed by atoms with Crippen molar-refractivity contribution in [3.63, 3.8) is 0 Å². The third-order valence-electron chi connectivity index (χ3n) is 2.88. The van der Waals surface area contributed by atoms with Gasteiger partial charge >= 0.3 is 0 Å². The van der Waals surface area contributed by atoms with Crippen molar-refractivity contribution in [1.29, 1.82) is 0 Å². The second-order valence-corrected chi connectivity index (χ2v) is 5.31. The van der Waals surface area contributed by atoms with E-state index in [0.29, 0.717) is 21.8 Å². The molecule has 0 spiro atoms. The highest BCUT2D eigenvalue weighted by atomic mass is 32.2. The maximum atomic E-state index is 11.9. The van der Waals surface area contributed by atoms with Crippen molar-refractivity contribution >= 4 is 22.7 Å². The van der Waals surface area contributed by atoms with Crippen molar-refractivity contribution in [2.24, 2.45) is 0 Å². The normalized spacial score (nSPS) is 10.1. The Hall–Kier alpha value is -2.51. The summed E-state index contributed by atoms with van der Waals surface area (Å²) < 4.78 is 0. The van der Waals surface area contributed by atoms with E-state index in [1.54, 1.807) is 6.07 Å². The van der Waals surface area contributed by atoms with Crippen molar-refractivity contribution in [3.8, 4) is 11.8 Å². The molecule has 0 aliphatic heterocycles. The quantitative estimate of drug-likeness (QED) is 0.448. The molecule has 1 N–H and O–H groups in total. The fraction of sp³-hybridized carbons (Fsp3) is 0.0588. The molecule has 0 saturated heterocycles. The van der Waals surface area contributed by atoms with E-state index in [9.17, 15) is 4.79 Å². The second kappa shape index (κ2) is 6.29. The van der Waals surface area contributed by atoms with Gasteiger partial charge < -0.3 is 4.98 Å². The van der Waals surface area contributed by atoms with Crippen LogP contribution in [-0.4, -0.2) is 15.7 Å². The first-order valence-corrected chi connectivity index (χ1v) is 7.47. The Morgan fingerprint density at radius 2 is 1.81 bits per heavy atom. The molecule has 4 heteroatoms. The summed E-state index contributed by atoms with van der Waals surface area (Å²) in [6.45, 7) is 0. The summed E-state index contributed by atoms with van der Waals surface area (Å²) in [6.07, 6.45) is 0. The van der Waals surface area contributed by atoms with E-state index < -0.39 is 0 Å². The van der Waals surface area contributed by atoms with Gasteiger partial charge in [0.05, 0.1) is 16.7 Å². The lowest BCUT2D eigenvalue weighted by Crippen LogP contribution is -2.08. The van der Waals surface area contributed by atoms with Crippen LogP contribution in [0.1, 0.15) is 5.56 Å². The van der Waals surface area contributed by atoms with Crippen molar-refractivity contribution in [3.05, 3.63) is 70.5 Å². The molecular formula is C17H12N2OS. The molecule has 0 aliphatic carbocycles. The average Bonchev–Trinajstić information content (AvgIpc) is 2.53. The lowest BCUT2D eigenvalue weighted by atomic mass is 10.2. The second-order valence-electron chi connectivity index (χ2n) is 4.34. The first kappa shape index (κ1) is 13.5. The minimum atomic E-state index is -0.112. The van der Waals surface area contributed by atoms with Crippen LogP contribution in [0.25, 0.3) is 10.9 Å². The van der Waals surface area contributed by atoms with Crippen molar-refractivity contribution in [1.82, 2.24) is 9.97 Å². The Balaban J connectivity index is 1.74. The Morgan fingerprint density at radius 3 is 2.67 bits per heavy atom.